The number of aromatic nitrogens is 2. The third kappa shape index (κ3) is 7.51. The molecule has 0 spiro atoms. The maximum Gasteiger partial charge on any atom is 0.416 e. The standard InChI is InChI=1S/C18H19F3N6O2.C4H6O6/c1-17(2)9-27(16(29)25-17)15-23-8-12(13(22)24-15)14(28)26(3)11-6-4-5-10(7-11)18(19,20)21;5-1(3(7)8)2(6)4(9)10/h4-8H,9H2,1-3H3,(H,25,29)(H2,22,23,24);1-2,5-6H,(H,7,8)(H,9,10)/t;1-,2-/m.1/s1. The first kappa shape index (κ1) is 30.7. The lowest BCUT2D eigenvalue weighted by Crippen LogP contribution is -2.39. The second-order valence-corrected chi connectivity index (χ2v) is 8.85. The molecule has 1 fully saturated rings. The van der Waals surface area contributed by atoms with Crippen molar-refractivity contribution >= 4 is 41.3 Å². The zero-order chi connectivity index (χ0) is 29.9. The number of carbonyl (C=O) groups is 4. The van der Waals surface area contributed by atoms with E-state index in [2.05, 4.69) is 15.3 Å². The average Bonchev–Trinajstić information content (AvgIpc) is 3.13. The fraction of sp³-hybridized carbons (Fsp3) is 0.364. The number of rotatable bonds is 6. The van der Waals surface area contributed by atoms with Gasteiger partial charge in [-0.15, -0.1) is 0 Å². The lowest BCUT2D eigenvalue weighted by atomic mass is 10.1. The van der Waals surface area contributed by atoms with Crippen molar-refractivity contribution in [2.24, 2.45) is 0 Å². The number of carboxylic acid groups (broad SMARTS) is 2. The van der Waals surface area contributed by atoms with E-state index < -0.39 is 53.4 Å². The number of nitrogens with one attached hydrogen (secondary N) is 1. The van der Waals surface area contributed by atoms with Crippen LogP contribution in [0.4, 0.5) is 35.4 Å². The van der Waals surface area contributed by atoms with Crippen LogP contribution in [-0.2, 0) is 15.8 Å². The van der Waals surface area contributed by atoms with Crippen LogP contribution >= 0.6 is 0 Å². The zero-order valence-corrected chi connectivity index (χ0v) is 20.7. The number of nitrogens with zero attached hydrogens (tertiary/aromatic N) is 4. The highest BCUT2D eigenvalue weighted by Crippen LogP contribution is 2.32. The minimum absolute atomic E-state index is 0.0313. The second kappa shape index (κ2) is 11.5. The summed E-state index contributed by atoms with van der Waals surface area (Å²) in [7, 11) is 1.32. The molecule has 2 atom stereocenters. The van der Waals surface area contributed by atoms with Crippen molar-refractivity contribution in [2.75, 3.05) is 29.1 Å². The Morgan fingerprint density at radius 2 is 1.72 bits per heavy atom. The van der Waals surface area contributed by atoms with E-state index in [4.69, 9.17) is 26.2 Å². The van der Waals surface area contributed by atoms with E-state index in [1.165, 1.54) is 24.1 Å². The maximum atomic E-state index is 12.9. The van der Waals surface area contributed by atoms with Crippen LogP contribution in [-0.4, -0.2) is 85.6 Å². The molecule has 3 amide bonds. The Bertz CT molecular complexity index is 1250. The van der Waals surface area contributed by atoms with Crippen molar-refractivity contribution in [1.29, 1.82) is 0 Å². The third-order valence-electron chi connectivity index (χ3n) is 5.19. The quantitative estimate of drug-likeness (QED) is 0.287. The lowest BCUT2D eigenvalue weighted by Gasteiger charge is -2.20. The molecule has 1 aliphatic rings. The van der Waals surface area contributed by atoms with Gasteiger partial charge in [-0.05, 0) is 32.0 Å². The van der Waals surface area contributed by atoms with Gasteiger partial charge in [0.2, 0.25) is 5.95 Å². The first-order valence-electron chi connectivity index (χ1n) is 10.8. The molecule has 212 valence electrons. The topological polar surface area (TPSA) is 220 Å². The minimum Gasteiger partial charge on any atom is -0.479 e. The van der Waals surface area contributed by atoms with Crippen LogP contribution in [0, 0.1) is 0 Å². The van der Waals surface area contributed by atoms with Crippen molar-refractivity contribution in [3.63, 3.8) is 0 Å². The number of hydrogen-bond acceptors (Lipinski definition) is 9. The average molecular weight is 558 g/mol. The molecule has 2 aromatic rings. The molecule has 0 bridgehead atoms. The molecule has 0 aliphatic carbocycles. The summed E-state index contributed by atoms with van der Waals surface area (Å²) in [6, 6.07) is 3.96. The van der Waals surface area contributed by atoms with Crippen LogP contribution in [0.2, 0.25) is 0 Å². The highest BCUT2D eigenvalue weighted by Gasteiger charge is 2.37. The predicted molar refractivity (Wildman–Crippen MR) is 128 cm³/mol. The van der Waals surface area contributed by atoms with Crippen molar-refractivity contribution in [2.45, 2.75) is 37.8 Å². The number of hydrogen-bond donors (Lipinski definition) is 6. The zero-order valence-electron chi connectivity index (χ0n) is 20.7. The highest BCUT2D eigenvalue weighted by atomic mass is 19.4. The number of carbonyl (C=O) groups excluding carboxylic acids is 2. The van der Waals surface area contributed by atoms with E-state index in [9.17, 15) is 32.3 Å². The van der Waals surface area contributed by atoms with Gasteiger partial charge in [-0.2, -0.15) is 18.2 Å². The number of alkyl halides is 3. The molecule has 0 radical (unpaired) electrons. The summed E-state index contributed by atoms with van der Waals surface area (Å²) in [5, 5.41) is 35.3. The molecule has 1 aromatic heterocycles. The molecule has 39 heavy (non-hydrogen) atoms. The largest absolute Gasteiger partial charge is 0.479 e. The lowest BCUT2D eigenvalue weighted by molar-refractivity contribution is -0.165. The summed E-state index contributed by atoms with van der Waals surface area (Å²) < 4.78 is 38.8. The number of aliphatic hydroxyl groups excluding tert-OH is 2. The Balaban J connectivity index is 0.000000455. The molecule has 0 unspecified atom stereocenters. The first-order valence-corrected chi connectivity index (χ1v) is 10.8. The fourth-order valence-electron chi connectivity index (χ4n) is 3.16. The van der Waals surface area contributed by atoms with E-state index in [0.29, 0.717) is 6.54 Å². The van der Waals surface area contributed by atoms with E-state index in [0.717, 1.165) is 23.2 Å². The SMILES string of the molecule is CN(C(=O)c1cnc(N2CC(C)(C)NC2=O)nc1N)c1cccc(C(F)(F)F)c1.O=C(O)[C@H](O)[C@@H](O)C(=O)O. The number of urea groups is 1. The molecule has 17 heteroatoms. The summed E-state index contributed by atoms with van der Waals surface area (Å²) >= 11 is 0. The molecular weight excluding hydrogens is 533 g/mol. The fourth-order valence-corrected chi connectivity index (χ4v) is 3.16. The maximum absolute atomic E-state index is 12.9. The number of aliphatic carboxylic acids is 2. The molecule has 1 aliphatic heterocycles. The summed E-state index contributed by atoms with van der Waals surface area (Å²) in [6.45, 7) is 3.97. The summed E-state index contributed by atoms with van der Waals surface area (Å²) in [4.78, 5) is 54.7. The van der Waals surface area contributed by atoms with Gasteiger partial charge in [0.1, 0.15) is 11.4 Å². The van der Waals surface area contributed by atoms with Gasteiger partial charge in [-0.3, -0.25) is 9.69 Å². The monoisotopic (exact) mass is 558 g/mol. The van der Waals surface area contributed by atoms with Gasteiger partial charge in [0.05, 0.1) is 17.6 Å². The van der Waals surface area contributed by atoms with Crippen LogP contribution < -0.4 is 20.9 Å². The number of anilines is 3. The van der Waals surface area contributed by atoms with E-state index in [1.807, 2.05) is 13.8 Å². The third-order valence-corrected chi connectivity index (χ3v) is 5.19. The van der Waals surface area contributed by atoms with Crippen LogP contribution in [0.3, 0.4) is 0 Å². The molecular formula is C22H25F3N6O8. The van der Waals surface area contributed by atoms with Crippen molar-refractivity contribution in [1.82, 2.24) is 15.3 Å². The molecule has 3 rings (SSSR count). The van der Waals surface area contributed by atoms with Crippen molar-refractivity contribution < 1.29 is 52.8 Å². The molecule has 0 saturated carbocycles. The van der Waals surface area contributed by atoms with Crippen LogP contribution in [0.25, 0.3) is 0 Å². The molecule has 1 saturated heterocycles. The Labute approximate surface area is 218 Å². The number of amides is 3. The van der Waals surface area contributed by atoms with Crippen molar-refractivity contribution in [3.05, 3.63) is 41.6 Å². The highest BCUT2D eigenvalue weighted by molar-refractivity contribution is 6.08. The van der Waals surface area contributed by atoms with Gasteiger partial charge in [-0.25, -0.2) is 19.4 Å². The molecule has 1 aromatic carbocycles. The summed E-state index contributed by atoms with van der Waals surface area (Å²) in [6.07, 6.45) is -7.91. The Morgan fingerprint density at radius 1 is 1.15 bits per heavy atom. The number of nitrogens with two attached hydrogens (primary N) is 1. The van der Waals surface area contributed by atoms with Crippen LogP contribution in [0.5, 0.6) is 0 Å². The number of aliphatic hydroxyl groups is 2. The van der Waals surface area contributed by atoms with Crippen molar-refractivity contribution in [3.8, 4) is 0 Å². The van der Waals surface area contributed by atoms with E-state index >= 15 is 0 Å². The molecule has 14 nitrogen and oxygen atoms in total. The van der Waals surface area contributed by atoms with Gasteiger partial charge >= 0.3 is 24.1 Å². The van der Waals surface area contributed by atoms with E-state index in [1.54, 1.807) is 0 Å². The first-order chi connectivity index (χ1) is 17.9. The molecule has 2 heterocycles. The Morgan fingerprint density at radius 3 is 2.15 bits per heavy atom. The Kier molecular flexibility index (Phi) is 9.04. The molecule has 7 N–H and O–H groups in total. The summed E-state index contributed by atoms with van der Waals surface area (Å²) in [5.41, 5.74) is 4.47. The second-order valence-electron chi connectivity index (χ2n) is 8.85. The predicted octanol–water partition coefficient (Wildman–Crippen LogP) is 0.540. The normalized spacial score (nSPS) is 15.9. The number of benzene rings is 1. The van der Waals surface area contributed by atoms with E-state index in [-0.39, 0.29) is 23.0 Å². The number of carboxylic acids is 2. The Hall–Kier alpha value is -4.51. The number of nitrogen functional groups attached to an aromatic ring is 1. The summed E-state index contributed by atoms with van der Waals surface area (Å²) in [5.74, 6) is -4.37. The van der Waals surface area contributed by atoms with Gasteiger partial charge in [-0.1, -0.05) is 6.07 Å². The smallest absolute Gasteiger partial charge is 0.416 e. The van der Waals surface area contributed by atoms with Crippen LogP contribution in [0.1, 0.15) is 29.8 Å². The number of halogens is 3. The van der Waals surface area contributed by atoms with Crippen LogP contribution in [0.15, 0.2) is 30.5 Å². The van der Waals surface area contributed by atoms with Gasteiger partial charge in [0.15, 0.2) is 12.2 Å². The van der Waals surface area contributed by atoms with Gasteiger partial charge in [0.25, 0.3) is 5.91 Å². The van der Waals surface area contributed by atoms with Gasteiger partial charge in [0, 0.05) is 18.9 Å². The van der Waals surface area contributed by atoms with Gasteiger partial charge < -0.3 is 36.4 Å². The minimum atomic E-state index is -4.53.